The normalized spacial score (nSPS) is 25.9. The van der Waals surface area contributed by atoms with Crippen LogP contribution in [0.15, 0.2) is 6.07 Å². The molecule has 21 heavy (non-hydrogen) atoms. The van der Waals surface area contributed by atoms with Gasteiger partial charge in [0, 0.05) is 26.2 Å². The molecule has 0 aromatic carbocycles. The second kappa shape index (κ2) is 5.44. The minimum Gasteiger partial charge on any atom is -0.335 e. The molecule has 0 spiro atoms. The summed E-state index contributed by atoms with van der Waals surface area (Å²) in [6.45, 7) is 5.83. The number of hydrogen-bond acceptors (Lipinski definition) is 3. The Kier molecular flexibility index (Phi) is 3.78. The van der Waals surface area contributed by atoms with E-state index in [9.17, 15) is 4.79 Å². The van der Waals surface area contributed by atoms with Crippen LogP contribution >= 0.6 is 0 Å². The Morgan fingerprint density at radius 2 is 2.14 bits per heavy atom. The van der Waals surface area contributed by atoms with Crippen molar-refractivity contribution >= 4 is 5.91 Å². The minimum atomic E-state index is 0.0820. The monoisotopic (exact) mass is 290 g/mol. The van der Waals surface area contributed by atoms with Gasteiger partial charge in [-0.25, -0.2) is 0 Å². The molecule has 2 aliphatic rings. The first-order chi connectivity index (χ1) is 9.95. The zero-order valence-electron chi connectivity index (χ0n) is 13.2. The quantitative estimate of drug-likeness (QED) is 0.912. The number of hydrogen-bond donors (Lipinski definition) is 1. The van der Waals surface area contributed by atoms with Crippen LogP contribution in [-0.2, 0) is 13.5 Å². The molecule has 3 rings (SSSR count). The van der Waals surface area contributed by atoms with Crippen molar-refractivity contribution in [3.8, 4) is 0 Å². The van der Waals surface area contributed by atoms with Crippen molar-refractivity contribution in [2.45, 2.75) is 39.2 Å². The molecule has 2 N–H and O–H groups in total. The highest BCUT2D eigenvalue weighted by atomic mass is 16.2. The lowest BCUT2D eigenvalue weighted by atomic mass is 9.99. The predicted octanol–water partition coefficient (Wildman–Crippen LogP) is 1.43. The Hall–Kier alpha value is -1.36. The van der Waals surface area contributed by atoms with Crippen molar-refractivity contribution in [3.63, 3.8) is 0 Å². The zero-order valence-corrected chi connectivity index (χ0v) is 13.2. The van der Waals surface area contributed by atoms with Gasteiger partial charge in [-0.15, -0.1) is 0 Å². The van der Waals surface area contributed by atoms with E-state index >= 15 is 0 Å². The maximum atomic E-state index is 12.7. The second-order valence-electron chi connectivity index (χ2n) is 7.12. The van der Waals surface area contributed by atoms with E-state index in [2.05, 4.69) is 18.9 Å². The van der Waals surface area contributed by atoms with Crippen LogP contribution in [0.5, 0.6) is 0 Å². The Bertz CT molecular complexity index is 532. The first-order valence-corrected chi connectivity index (χ1v) is 8.03. The Morgan fingerprint density at radius 1 is 1.43 bits per heavy atom. The highest BCUT2D eigenvalue weighted by Crippen LogP contribution is 2.41. The Balaban J connectivity index is 1.71. The summed E-state index contributed by atoms with van der Waals surface area (Å²) >= 11 is 0. The van der Waals surface area contributed by atoms with E-state index in [1.54, 1.807) is 4.68 Å². The van der Waals surface area contributed by atoms with Crippen LogP contribution in [0.1, 0.15) is 42.9 Å². The highest BCUT2D eigenvalue weighted by molar-refractivity contribution is 5.93. The maximum Gasteiger partial charge on any atom is 0.272 e. The third-order valence-electron chi connectivity index (χ3n) is 4.69. The predicted molar refractivity (Wildman–Crippen MR) is 81.8 cm³/mol. The van der Waals surface area contributed by atoms with E-state index < -0.39 is 0 Å². The van der Waals surface area contributed by atoms with Gasteiger partial charge in [0.05, 0.1) is 5.69 Å². The molecular weight excluding hydrogens is 264 g/mol. The van der Waals surface area contributed by atoms with E-state index in [1.165, 1.54) is 12.8 Å². The van der Waals surface area contributed by atoms with Crippen molar-refractivity contribution in [3.05, 3.63) is 17.5 Å². The molecule has 0 unspecified atom stereocenters. The molecule has 0 radical (unpaired) electrons. The fraction of sp³-hybridized carbons (Fsp3) is 0.750. The van der Waals surface area contributed by atoms with Crippen LogP contribution < -0.4 is 5.73 Å². The topological polar surface area (TPSA) is 64.2 Å². The summed E-state index contributed by atoms with van der Waals surface area (Å²) in [4.78, 5) is 14.6. The molecule has 2 heterocycles. The maximum absolute atomic E-state index is 12.7. The lowest BCUT2D eigenvalue weighted by Crippen LogP contribution is -2.33. The lowest BCUT2D eigenvalue weighted by Gasteiger charge is -2.16. The van der Waals surface area contributed by atoms with Crippen LogP contribution in [0.4, 0.5) is 0 Å². The summed E-state index contributed by atoms with van der Waals surface area (Å²) in [6.07, 6.45) is 3.47. The molecule has 5 heteroatoms. The number of aromatic nitrogens is 2. The summed E-state index contributed by atoms with van der Waals surface area (Å²) in [7, 11) is 1.85. The van der Waals surface area contributed by atoms with Crippen LogP contribution in [0.25, 0.3) is 0 Å². The van der Waals surface area contributed by atoms with Crippen LogP contribution in [0.2, 0.25) is 0 Å². The molecule has 1 aromatic rings. The molecule has 116 valence electrons. The van der Waals surface area contributed by atoms with E-state index in [0.717, 1.165) is 24.6 Å². The zero-order chi connectivity index (χ0) is 15.1. The molecule has 5 nitrogen and oxygen atoms in total. The van der Waals surface area contributed by atoms with Gasteiger partial charge in [-0.1, -0.05) is 13.8 Å². The number of carbonyl (C=O) groups excluding carboxylic acids is 1. The molecule has 1 aromatic heterocycles. The van der Waals surface area contributed by atoms with Crippen molar-refractivity contribution in [2.24, 2.45) is 30.5 Å². The first kappa shape index (κ1) is 14.6. The van der Waals surface area contributed by atoms with Crippen molar-refractivity contribution in [2.75, 3.05) is 13.1 Å². The van der Waals surface area contributed by atoms with Crippen molar-refractivity contribution < 1.29 is 4.79 Å². The minimum absolute atomic E-state index is 0.0820. The number of likely N-dealkylation sites (tertiary alicyclic amines) is 1. The Labute approximate surface area is 126 Å². The number of amides is 1. The van der Waals surface area contributed by atoms with Gasteiger partial charge in [-0.2, -0.15) is 5.10 Å². The van der Waals surface area contributed by atoms with E-state index in [-0.39, 0.29) is 11.9 Å². The van der Waals surface area contributed by atoms with Crippen LogP contribution in [0, 0.1) is 17.8 Å². The number of aryl methyl sites for hydroxylation is 1. The van der Waals surface area contributed by atoms with Gasteiger partial charge >= 0.3 is 0 Å². The fourth-order valence-corrected chi connectivity index (χ4v) is 3.45. The molecule has 2 fully saturated rings. The summed E-state index contributed by atoms with van der Waals surface area (Å²) in [5.41, 5.74) is 7.91. The summed E-state index contributed by atoms with van der Waals surface area (Å²) < 4.78 is 1.72. The van der Waals surface area contributed by atoms with Gasteiger partial charge in [-0.05, 0) is 43.1 Å². The second-order valence-corrected chi connectivity index (χ2v) is 7.12. The standard InChI is InChI=1S/C16H26N4O/c1-10(2)6-12-7-15(19(3)18-12)16(21)20-8-13(11-4-5-11)14(17)9-20/h7,10-11,13-14H,4-6,8-9,17H2,1-3H3/t13-,14+/m1/s1. The van der Waals surface area contributed by atoms with Gasteiger partial charge in [0.15, 0.2) is 0 Å². The SMILES string of the molecule is CC(C)Cc1cc(C(=O)N2C[C@H](C3CC3)[C@@H](N)C2)n(C)n1. The highest BCUT2D eigenvalue weighted by Gasteiger charge is 2.42. The molecule has 0 bridgehead atoms. The number of nitrogens with zero attached hydrogens (tertiary/aromatic N) is 3. The van der Waals surface area contributed by atoms with Gasteiger partial charge < -0.3 is 10.6 Å². The average Bonchev–Trinajstić information content (AvgIpc) is 3.08. The van der Waals surface area contributed by atoms with Gasteiger partial charge in [-0.3, -0.25) is 9.48 Å². The summed E-state index contributed by atoms with van der Waals surface area (Å²) in [5.74, 6) is 1.87. The number of carbonyl (C=O) groups is 1. The van der Waals surface area contributed by atoms with Gasteiger partial charge in [0.1, 0.15) is 5.69 Å². The largest absolute Gasteiger partial charge is 0.335 e. The smallest absolute Gasteiger partial charge is 0.272 e. The molecule has 1 saturated carbocycles. The van der Waals surface area contributed by atoms with Gasteiger partial charge in [0.25, 0.3) is 5.91 Å². The average molecular weight is 290 g/mol. The van der Waals surface area contributed by atoms with Crippen molar-refractivity contribution in [1.29, 1.82) is 0 Å². The number of nitrogens with two attached hydrogens (primary N) is 1. The van der Waals surface area contributed by atoms with Crippen LogP contribution in [0.3, 0.4) is 0 Å². The first-order valence-electron chi connectivity index (χ1n) is 8.03. The molecular formula is C16H26N4O. The van der Waals surface area contributed by atoms with Crippen LogP contribution in [-0.4, -0.2) is 39.7 Å². The van der Waals surface area contributed by atoms with E-state index in [4.69, 9.17) is 5.73 Å². The number of rotatable bonds is 4. The molecule has 1 amide bonds. The molecule has 2 atom stereocenters. The molecule has 1 saturated heterocycles. The van der Waals surface area contributed by atoms with E-state index in [0.29, 0.717) is 24.1 Å². The van der Waals surface area contributed by atoms with Crippen molar-refractivity contribution in [1.82, 2.24) is 14.7 Å². The lowest BCUT2D eigenvalue weighted by molar-refractivity contribution is 0.0774. The fourth-order valence-electron chi connectivity index (χ4n) is 3.45. The summed E-state index contributed by atoms with van der Waals surface area (Å²) in [6, 6.07) is 2.09. The molecule has 1 aliphatic carbocycles. The Morgan fingerprint density at radius 3 is 2.76 bits per heavy atom. The summed E-state index contributed by atoms with van der Waals surface area (Å²) in [5, 5.41) is 4.47. The third-order valence-corrected chi connectivity index (χ3v) is 4.69. The third kappa shape index (κ3) is 2.98. The molecule has 1 aliphatic heterocycles. The van der Waals surface area contributed by atoms with E-state index in [1.807, 2.05) is 18.0 Å². The van der Waals surface area contributed by atoms with Gasteiger partial charge in [0.2, 0.25) is 0 Å².